The molecule has 3 nitrogen and oxygen atoms in total. The highest BCUT2D eigenvalue weighted by molar-refractivity contribution is 6.43. The average molecular weight is 343 g/mol. The van der Waals surface area contributed by atoms with Crippen LogP contribution in [0, 0.1) is 11.8 Å². The SMILES string of the molecule is O=C1C2=C=NC3=C(C#CCC3)CCCN2c2cc(Cl)c(Cl)cc21. The van der Waals surface area contributed by atoms with Crippen LogP contribution in [0.1, 0.15) is 36.0 Å². The van der Waals surface area contributed by atoms with Crippen LogP contribution < -0.4 is 4.90 Å². The number of anilines is 1. The number of benzene rings is 1. The van der Waals surface area contributed by atoms with Crippen molar-refractivity contribution in [3.05, 3.63) is 44.7 Å². The number of allylic oxidation sites excluding steroid dienone is 3. The second-order valence-electron chi connectivity index (χ2n) is 5.67. The quantitative estimate of drug-likeness (QED) is 0.655. The minimum absolute atomic E-state index is 0.103. The summed E-state index contributed by atoms with van der Waals surface area (Å²) in [5.74, 6) is 9.16. The minimum Gasteiger partial charge on any atom is -0.330 e. The Balaban J connectivity index is 1.87. The third kappa shape index (κ3) is 2.40. The predicted octanol–water partition coefficient (Wildman–Crippen LogP) is 4.39. The van der Waals surface area contributed by atoms with Gasteiger partial charge in [-0.15, -0.1) is 0 Å². The molecule has 1 aromatic rings. The van der Waals surface area contributed by atoms with Crippen molar-refractivity contribution in [2.45, 2.75) is 25.7 Å². The molecule has 0 fully saturated rings. The molecule has 1 aromatic carbocycles. The smallest absolute Gasteiger partial charge is 0.221 e. The summed E-state index contributed by atoms with van der Waals surface area (Å²) in [5.41, 5.74) is 3.85. The summed E-state index contributed by atoms with van der Waals surface area (Å²) < 4.78 is 0. The summed E-state index contributed by atoms with van der Waals surface area (Å²) in [5, 5.41) is 0.830. The normalized spacial score (nSPS) is 19.0. The van der Waals surface area contributed by atoms with Gasteiger partial charge in [0.1, 0.15) is 0 Å². The van der Waals surface area contributed by atoms with Gasteiger partial charge in [0.25, 0.3) is 0 Å². The Bertz CT molecular complexity index is 896. The standard InChI is InChI=1S/C18H12Cl2N2O/c19-13-8-12-16(9-14(13)20)22-7-3-5-11-4-1-2-6-15(11)21-10-17(22)18(12)23/h8-9H,2-3,5-7H2. The Kier molecular flexibility index (Phi) is 3.54. The fourth-order valence-corrected chi connectivity index (χ4v) is 3.41. The number of carbonyl (C=O) groups excluding carboxylic acids is 1. The molecule has 3 aliphatic rings. The molecule has 2 aliphatic heterocycles. The molecule has 0 unspecified atom stereocenters. The van der Waals surface area contributed by atoms with Gasteiger partial charge in [-0.2, -0.15) is 0 Å². The molecule has 0 spiro atoms. The van der Waals surface area contributed by atoms with Crippen LogP contribution in [0.15, 0.2) is 34.1 Å². The lowest BCUT2D eigenvalue weighted by Crippen LogP contribution is -2.22. The van der Waals surface area contributed by atoms with Gasteiger partial charge in [0.05, 0.1) is 27.0 Å². The first-order chi connectivity index (χ1) is 11.1. The largest absolute Gasteiger partial charge is 0.330 e. The summed E-state index contributed by atoms with van der Waals surface area (Å²) in [7, 11) is 0. The summed E-state index contributed by atoms with van der Waals surface area (Å²) in [6.45, 7) is 0.701. The van der Waals surface area contributed by atoms with E-state index in [2.05, 4.69) is 22.7 Å². The first kappa shape index (κ1) is 14.6. The number of aliphatic imine (C=N–C) groups is 1. The lowest BCUT2D eigenvalue weighted by Gasteiger charge is -2.18. The van der Waals surface area contributed by atoms with E-state index in [1.807, 2.05) is 4.90 Å². The van der Waals surface area contributed by atoms with Crippen molar-refractivity contribution in [3.63, 3.8) is 0 Å². The summed E-state index contributed by atoms with van der Waals surface area (Å²) in [6, 6.07) is 3.38. The molecule has 4 rings (SSSR count). The number of hydrogen-bond donors (Lipinski definition) is 0. The van der Waals surface area contributed by atoms with E-state index in [4.69, 9.17) is 23.2 Å². The average Bonchev–Trinajstić information content (AvgIpc) is 2.84. The van der Waals surface area contributed by atoms with Crippen molar-refractivity contribution in [1.29, 1.82) is 0 Å². The third-order valence-corrected chi connectivity index (χ3v) is 4.96. The fraction of sp³-hybridized carbons (Fsp3) is 0.278. The number of halogens is 2. The first-order valence-corrected chi connectivity index (χ1v) is 8.26. The third-order valence-electron chi connectivity index (χ3n) is 4.24. The molecule has 23 heavy (non-hydrogen) atoms. The molecule has 5 heteroatoms. The van der Waals surface area contributed by atoms with E-state index in [1.54, 1.807) is 12.1 Å². The van der Waals surface area contributed by atoms with Gasteiger partial charge in [-0.05, 0) is 25.0 Å². The van der Waals surface area contributed by atoms with E-state index < -0.39 is 0 Å². The second kappa shape index (κ2) is 5.58. The van der Waals surface area contributed by atoms with Crippen LogP contribution in [0.4, 0.5) is 5.69 Å². The molecule has 114 valence electrons. The number of hydrogen-bond acceptors (Lipinski definition) is 3. The number of Topliss-reactive ketones (excluding diaryl/α,β-unsaturated/α-hetero) is 1. The highest BCUT2D eigenvalue weighted by atomic mass is 35.5. The lowest BCUT2D eigenvalue weighted by atomic mass is 10.0. The maximum atomic E-state index is 12.7. The highest BCUT2D eigenvalue weighted by Crippen LogP contribution is 2.39. The second-order valence-corrected chi connectivity index (χ2v) is 6.48. The molecule has 2 heterocycles. The Morgan fingerprint density at radius 3 is 2.87 bits per heavy atom. The van der Waals surface area contributed by atoms with Crippen LogP contribution in [0.5, 0.6) is 0 Å². The zero-order valence-electron chi connectivity index (χ0n) is 12.2. The van der Waals surface area contributed by atoms with Crippen molar-refractivity contribution >= 4 is 40.5 Å². The van der Waals surface area contributed by atoms with Crippen molar-refractivity contribution in [1.82, 2.24) is 0 Å². The summed E-state index contributed by atoms with van der Waals surface area (Å²) in [6.07, 6.45) is 3.38. The van der Waals surface area contributed by atoms with Gasteiger partial charge in [-0.3, -0.25) is 4.79 Å². The van der Waals surface area contributed by atoms with Crippen LogP contribution in [-0.4, -0.2) is 18.2 Å². The number of fused-ring (bicyclic) bond motifs is 3. The highest BCUT2D eigenvalue weighted by Gasteiger charge is 2.33. The summed E-state index contributed by atoms with van der Waals surface area (Å²) >= 11 is 12.2. The monoisotopic (exact) mass is 342 g/mol. The van der Waals surface area contributed by atoms with Crippen LogP contribution in [-0.2, 0) is 0 Å². The van der Waals surface area contributed by atoms with Crippen molar-refractivity contribution in [3.8, 4) is 11.8 Å². The minimum atomic E-state index is -0.103. The van der Waals surface area contributed by atoms with Gasteiger partial charge in [0.2, 0.25) is 5.78 Å². The molecule has 1 aliphatic carbocycles. The van der Waals surface area contributed by atoms with Gasteiger partial charge in [0.15, 0.2) is 5.70 Å². The van der Waals surface area contributed by atoms with Crippen molar-refractivity contribution in [2.24, 2.45) is 4.99 Å². The van der Waals surface area contributed by atoms with Gasteiger partial charge in [0, 0.05) is 30.8 Å². The summed E-state index contributed by atoms with van der Waals surface area (Å²) in [4.78, 5) is 19.1. The molecule has 0 N–H and O–H groups in total. The molecular formula is C18H12Cl2N2O. The van der Waals surface area contributed by atoms with Crippen LogP contribution in [0.3, 0.4) is 0 Å². The molecule has 0 saturated heterocycles. The van der Waals surface area contributed by atoms with Crippen molar-refractivity contribution < 1.29 is 4.79 Å². The maximum absolute atomic E-state index is 12.7. The molecule has 0 amide bonds. The van der Waals surface area contributed by atoms with Gasteiger partial charge in [-0.25, -0.2) is 4.99 Å². The van der Waals surface area contributed by atoms with Gasteiger partial charge in [-0.1, -0.05) is 35.0 Å². The van der Waals surface area contributed by atoms with E-state index in [0.717, 1.165) is 42.6 Å². The molecule has 0 aromatic heterocycles. The van der Waals surface area contributed by atoms with E-state index in [1.165, 1.54) is 0 Å². The van der Waals surface area contributed by atoms with Gasteiger partial charge >= 0.3 is 0 Å². The van der Waals surface area contributed by atoms with E-state index >= 15 is 0 Å². The Morgan fingerprint density at radius 2 is 2.00 bits per heavy atom. The Labute approximate surface area is 144 Å². The van der Waals surface area contributed by atoms with E-state index in [9.17, 15) is 4.79 Å². The Morgan fingerprint density at radius 1 is 1.17 bits per heavy atom. The molecule has 0 saturated carbocycles. The molecule has 0 radical (unpaired) electrons. The van der Waals surface area contributed by atoms with E-state index in [0.29, 0.717) is 27.9 Å². The van der Waals surface area contributed by atoms with Crippen molar-refractivity contribution in [2.75, 3.05) is 11.4 Å². The topological polar surface area (TPSA) is 32.7 Å². The zero-order chi connectivity index (χ0) is 16.0. The zero-order valence-corrected chi connectivity index (χ0v) is 13.8. The molecule has 0 bridgehead atoms. The van der Waals surface area contributed by atoms with Crippen LogP contribution in [0.2, 0.25) is 10.0 Å². The number of nitrogens with zero attached hydrogens (tertiary/aromatic N) is 2. The number of carbonyl (C=O) groups is 1. The first-order valence-electron chi connectivity index (χ1n) is 7.51. The number of rotatable bonds is 0. The van der Waals surface area contributed by atoms with Crippen LogP contribution in [0.25, 0.3) is 0 Å². The molecular weight excluding hydrogens is 331 g/mol. The Hall–Kier alpha value is -1.98. The maximum Gasteiger partial charge on any atom is 0.221 e. The van der Waals surface area contributed by atoms with Crippen LogP contribution >= 0.6 is 23.2 Å². The molecule has 0 atom stereocenters. The predicted molar refractivity (Wildman–Crippen MR) is 92.4 cm³/mol. The lowest BCUT2D eigenvalue weighted by molar-refractivity contribution is 0.104. The van der Waals surface area contributed by atoms with E-state index in [-0.39, 0.29) is 5.78 Å². The van der Waals surface area contributed by atoms with Gasteiger partial charge < -0.3 is 4.90 Å². The number of ketones is 1. The fourth-order valence-electron chi connectivity index (χ4n) is 3.09.